The number of anilines is 2. The van der Waals surface area contributed by atoms with E-state index in [-0.39, 0.29) is 5.78 Å². The van der Waals surface area contributed by atoms with Crippen LogP contribution in [0.15, 0.2) is 42.5 Å². The Morgan fingerprint density at radius 3 is 2.53 bits per heavy atom. The summed E-state index contributed by atoms with van der Waals surface area (Å²) in [6.45, 7) is 0. The van der Waals surface area contributed by atoms with Gasteiger partial charge in [0.25, 0.3) is 0 Å². The van der Waals surface area contributed by atoms with Gasteiger partial charge in [-0.3, -0.25) is 9.80 Å². The molecule has 5 heteroatoms. The van der Waals surface area contributed by atoms with E-state index in [1.165, 1.54) is 0 Å². The van der Waals surface area contributed by atoms with Crippen LogP contribution in [0.4, 0.5) is 11.4 Å². The fourth-order valence-electron chi connectivity index (χ4n) is 2.03. The Bertz CT molecular complexity index is 640. The predicted octanol–water partition coefficient (Wildman–Crippen LogP) is 2.85. The van der Waals surface area contributed by atoms with Crippen LogP contribution in [0.3, 0.4) is 0 Å². The monoisotopic (exact) mass is 273 g/mol. The summed E-state index contributed by atoms with van der Waals surface area (Å²) in [6.07, 6.45) is 0. The van der Waals surface area contributed by atoms with E-state index in [0.29, 0.717) is 16.1 Å². The lowest BCUT2D eigenvalue weighted by Gasteiger charge is -2.10. The number of fused-ring (bicyclic) bond motifs is 1. The molecule has 0 fully saturated rings. The number of hydrogen-bond acceptors (Lipinski definition) is 4. The fourth-order valence-corrected chi connectivity index (χ4v) is 2.15. The van der Waals surface area contributed by atoms with Crippen molar-refractivity contribution in [3.8, 4) is 0 Å². The van der Waals surface area contributed by atoms with Crippen molar-refractivity contribution in [2.75, 3.05) is 17.5 Å². The molecule has 2 aromatic rings. The van der Waals surface area contributed by atoms with Gasteiger partial charge in [0.15, 0.2) is 5.78 Å². The molecular weight excluding hydrogens is 262 g/mol. The Kier molecular flexibility index (Phi) is 2.89. The lowest BCUT2D eigenvalue weighted by atomic mass is 10.0. The number of halogens is 1. The van der Waals surface area contributed by atoms with E-state index in [2.05, 4.69) is 11.0 Å². The van der Waals surface area contributed by atoms with E-state index in [4.69, 9.17) is 11.6 Å². The highest BCUT2D eigenvalue weighted by Crippen LogP contribution is 2.29. The summed E-state index contributed by atoms with van der Waals surface area (Å²) < 4.78 is 0. The van der Waals surface area contributed by atoms with Gasteiger partial charge in [0.2, 0.25) is 0 Å². The molecule has 0 saturated carbocycles. The van der Waals surface area contributed by atoms with Crippen LogP contribution in [0, 0.1) is 0 Å². The number of carbonyl (C=O) groups excluding carboxylic acids is 1. The van der Waals surface area contributed by atoms with E-state index in [9.17, 15) is 4.79 Å². The van der Waals surface area contributed by atoms with Crippen molar-refractivity contribution >= 4 is 28.8 Å². The zero-order chi connectivity index (χ0) is 13.4. The third-order valence-corrected chi connectivity index (χ3v) is 3.34. The van der Waals surface area contributed by atoms with E-state index in [0.717, 1.165) is 11.4 Å². The van der Waals surface area contributed by atoms with Gasteiger partial charge in [0, 0.05) is 23.2 Å². The Balaban J connectivity index is 1.96. The molecule has 0 radical (unpaired) electrons. The highest BCUT2D eigenvalue weighted by Gasteiger charge is 2.17. The van der Waals surface area contributed by atoms with Crippen molar-refractivity contribution < 1.29 is 4.79 Å². The molecule has 96 valence electrons. The molecule has 0 unspecified atom stereocenters. The minimum atomic E-state index is -0.0141. The van der Waals surface area contributed by atoms with Gasteiger partial charge in [-0.05, 0) is 42.5 Å². The molecule has 19 heavy (non-hydrogen) atoms. The maximum atomic E-state index is 12.4. The van der Waals surface area contributed by atoms with Gasteiger partial charge in [-0.25, -0.2) is 0 Å². The van der Waals surface area contributed by atoms with Crippen molar-refractivity contribution in [2.24, 2.45) is 0 Å². The van der Waals surface area contributed by atoms with E-state index in [1.807, 2.05) is 30.3 Å². The SMILES string of the molecule is CN1NNc2ccc(C(=O)c3ccc(Cl)cc3)cc21. The first kappa shape index (κ1) is 12.0. The third-order valence-electron chi connectivity index (χ3n) is 3.09. The lowest BCUT2D eigenvalue weighted by molar-refractivity contribution is 0.103. The van der Waals surface area contributed by atoms with Crippen molar-refractivity contribution in [3.05, 3.63) is 58.6 Å². The zero-order valence-corrected chi connectivity index (χ0v) is 11.0. The summed E-state index contributed by atoms with van der Waals surface area (Å²) in [7, 11) is 1.88. The second-order valence-electron chi connectivity index (χ2n) is 4.36. The van der Waals surface area contributed by atoms with Crippen LogP contribution in [0.25, 0.3) is 0 Å². The van der Waals surface area contributed by atoms with Crippen LogP contribution in [-0.4, -0.2) is 12.8 Å². The normalized spacial score (nSPS) is 13.1. The number of ketones is 1. The van der Waals surface area contributed by atoms with Gasteiger partial charge in [-0.15, -0.1) is 5.53 Å². The number of rotatable bonds is 2. The summed E-state index contributed by atoms with van der Waals surface area (Å²) in [5, 5.41) is 2.45. The summed E-state index contributed by atoms with van der Waals surface area (Å²) >= 11 is 5.82. The highest BCUT2D eigenvalue weighted by atomic mass is 35.5. The van der Waals surface area contributed by atoms with Crippen LogP contribution >= 0.6 is 11.6 Å². The van der Waals surface area contributed by atoms with Crippen LogP contribution in [-0.2, 0) is 0 Å². The topological polar surface area (TPSA) is 44.4 Å². The van der Waals surface area contributed by atoms with Gasteiger partial charge >= 0.3 is 0 Å². The first-order chi connectivity index (χ1) is 9.15. The van der Waals surface area contributed by atoms with Crippen molar-refractivity contribution in [1.82, 2.24) is 5.53 Å². The molecule has 4 nitrogen and oxygen atoms in total. The molecule has 1 aliphatic rings. The first-order valence-electron chi connectivity index (χ1n) is 5.85. The fraction of sp³-hybridized carbons (Fsp3) is 0.0714. The number of carbonyl (C=O) groups is 1. The molecule has 2 aromatic carbocycles. The number of nitrogens with zero attached hydrogens (tertiary/aromatic N) is 1. The van der Waals surface area contributed by atoms with Gasteiger partial charge in [0.05, 0.1) is 11.4 Å². The van der Waals surface area contributed by atoms with Crippen LogP contribution in [0.1, 0.15) is 15.9 Å². The Morgan fingerprint density at radius 1 is 1.11 bits per heavy atom. The average Bonchev–Trinajstić information content (AvgIpc) is 2.80. The standard InChI is InChI=1S/C14H12ClN3O/c1-18-13-8-10(4-7-12(13)16-17-18)14(19)9-2-5-11(15)6-3-9/h2-8,16-17H,1H3. The molecule has 0 aliphatic carbocycles. The summed E-state index contributed by atoms with van der Waals surface area (Å²) in [4.78, 5) is 12.4. The smallest absolute Gasteiger partial charge is 0.193 e. The molecule has 2 N–H and O–H groups in total. The molecule has 0 spiro atoms. The van der Waals surface area contributed by atoms with Gasteiger partial charge < -0.3 is 5.43 Å². The summed E-state index contributed by atoms with van der Waals surface area (Å²) in [6, 6.07) is 12.5. The predicted molar refractivity (Wildman–Crippen MR) is 76.5 cm³/mol. The van der Waals surface area contributed by atoms with Gasteiger partial charge in [-0.1, -0.05) is 11.6 Å². The number of nitrogens with one attached hydrogen (secondary N) is 2. The van der Waals surface area contributed by atoms with Crippen molar-refractivity contribution in [3.63, 3.8) is 0 Å². The number of hydrazine groups is 2. The summed E-state index contributed by atoms with van der Waals surface area (Å²) in [5.41, 5.74) is 9.14. The van der Waals surface area contributed by atoms with Gasteiger partial charge in [0.1, 0.15) is 0 Å². The van der Waals surface area contributed by atoms with E-state index in [1.54, 1.807) is 24.3 Å². The molecular formula is C14H12ClN3O. The molecule has 1 aliphatic heterocycles. The van der Waals surface area contributed by atoms with Crippen molar-refractivity contribution in [1.29, 1.82) is 0 Å². The van der Waals surface area contributed by atoms with Crippen LogP contribution in [0.5, 0.6) is 0 Å². The van der Waals surface area contributed by atoms with Crippen LogP contribution in [0.2, 0.25) is 5.02 Å². The molecule has 0 bridgehead atoms. The van der Waals surface area contributed by atoms with Crippen LogP contribution < -0.4 is 16.0 Å². The average molecular weight is 274 g/mol. The lowest BCUT2D eigenvalue weighted by Crippen LogP contribution is -2.31. The minimum Gasteiger partial charge on any atom is -0.302 e. The second kappa shape index (κ2) is 4.57. The molecule has 0 aromatic heterocycles. The largest absolute Gasteiger partial charge is 0.302 e. The third kappa shape index (κ3) is 2.16. The highest BCUT2D eigenvalue weighted by molar-refractivity contribution is 6.30. The number of hydrogen-bond donors (Lipinski definition) is 2. The quantitative estimate of drug-likeness (QED) is 0.826. The zero-order valence-electron chi connectivity index (χ0n) is 10.3. The Morgan fingerprint density at radius 2 is 1.79 bits per heavy atom. The molecule has 3 rings (SSSR count). The second-order valence-corrected chi connectivity index (χ2v) is 4.80. The molecule has 1 heterocycles. The molecule has 0 saturated heterocycles. The minimum absolute atomic E-state index is 0.0141. The Hall–Kier alpha value is -2.04. The maximum Gasteiger partial charge on any atom is 0.193 e. The first-order valence-corrected chi connectivity index (χ1v) is 6.22. The summed E-state index contributed by atoms with van der Waals surface area (Å²) in [5.74, 6) is -0.0141. The van der Waals surface area contributed by atoms with E-state index < -0.39 is 0 Å². The molecule has 0 atom stereocenters. The maximum absolute atomic E-state index is 12.4. The Labute approximate surface area is 115 Å². The van der Waals surface area contributed by atoms with Gasteiger partial charge in [-0.2, -0.15) is 0 Å². The molecule has 0 amide bonds. The van der Waals surface area contributed by atoms with Crippen molar-refractivity contribution in [2.45, 2.75) is 0 Å². The number of benzene rings is 2. The van der Waals surface area contributed by atoms with E-state index >= 15 is 0 Å².